The number of carbonyl (C=O) groups excluding carboxylic acids is 2. The van der Waals surface area contributed by atoms with Crippen molar-refractivity contribution in [2.75, 3.05) is 26.2 Å². The monoisotopic (exact) mass is 303 g/mol. The first-order valence-corrected chi connectivity index (χ1v) is 7.49. The maximum atomic E-state index is 12.5. The third-order valence-electron chi connectivity index (χ3n) is 4.49. The summed E-state index contributed by atoms with van der Waals surface area (Å²) in [5.41, 5.74) is -0.571. The summed E-state index contributed by atoms with van der Waals surface area (Å²) < 4.78 is 0. The number of likely N-dealkylation sites (N-methyl/N-ethyl adjacent to an activating group) is 1. The summed E-state index contributed by atoms with van der Waals surface area (Å²) in [5, 5.41) is 2.95. The summed E-state index contributed by atoms with van der Waals surface area (Å²) in [5.74, 6) is 0.00403. The first kappa shape index (κ1) is 17.2. The molecule has 0 aromatic heterocycles. The van der Waals surface area contributed by atoms with Gasteiger partial charge in [-0.15, -0.1) is 12.4 Å². The van der Waals surface area contributed by atoms with Crippen LogP contribution >= 0.6 is 12.4 Å². The van der Waals surface area contributed by atoms with Crippen molar-refractivity contribution in [3.05, 3.63) is 0 Å². The van der Waals surface area contributed by atoms with Crippen LogP contribution in [0.2, 0.25) is 0 Å². The SMILES string of the molecule is CCN(CC)CCN1C(=O)NC2(CCCCC2)C1=O.Cl. The summed E-state index contributed by atoms with van der Waals surface area (Å²) in [6.45, 7) is 7.36. The van der Waals surface area contributed by atoms with Crippen LogP contribution in [0, 0.1) is 0 Å². The molecule has 1 aliphatic heterocycles. The van der Waals surface area contributed by atoms with Gasteiger partial charge < -0.3 is 10.2 Å². The van der Waals surface area contributed by atoms with E-state index in [1.807, 2.05) is 0 Å². The van der Waals surface area contributed by atoms with Crippen molar-refractivity contribution in [3.63, 3.8) is 0 Å². The Morgan fingerprint density at radius 2 is 1.75 bits per heavy atom. The summed E-state index contributed by atoms with van der Waals surface area (Å²) in [7, 11) is 0. The van der Waals surface area contributed by atoms with Crippen molar-refractivity contribution in [3.8, 4) is 0 Å². The highest BCUT2D eigenvalue weighted by Gasteiger charge is 2.50. The minimum absolute atomic E-state index is 0. The topological polar surface area (TPSA) is 52.6 Å². The molecule has 2 aliphatic rings. The van der Waals surface area contributed by atoms with Crippen LogP contribution < -0.4 is 5.32 Å². The van der Waals surface area contributed by atoms with Crippen molar-refractivity contribution in [2.45, 2.75) is 51.5 Å². The van der Waals surface area contributed by atoms with E-state index in [0.29, 0.717) is 6.54 Å². The Morgan fingerprint density at radius 3 is 2.30 bits per heavy atom. The van der Waals surface area contributed by atoms with Crippen LogP contribution in [-0.2, 0) is 4.79 Å². The molecule has 2 fully saturated rings. The number of imide groups is 1. The fraction of sp³-hybridized carbons (Fsp3) is 0.857. The number of carbonyl (C=O) groups is 2. The average Bonchev–Trinajstić information content (AvgIpc) is 2.64. The largest absolute Gasteiger partial charge is 0.325 e. The highest BCUT2D eigenvalue weighted by molar-refractivity contribution is 6.07. The molecule has 0 bridgehead atoms. The van der Waals surface area contributed by atoms with Gasteiger partial charge in [0.15, 0.2) is 0 Å². The number of urea groups is 1. The number of halogens is 1. The van der Waals surface area contributed by atoms with Gasteiger partial charge in [0.2, 0.25) is 0 Å². The van der Waals surface area contributed by atoms with Gasteiger partial charge in [-0.05, 0) is 25.9 Å². The molecule has 0 aromatic rings. The van der Waals surface area contributed by atoms with E-state index in [1.165, 1.54) is 11.3 Å². The van der Waals surface area contributed by atoms with Gasteiger partial charge in [0, 0.05) is 13.1 Å². The molecule has 116 valence electrons. The molecular weight excluding hydrogens is 278 g/mol. The zero-order valence-electron chi connectivity index (χ0n) is 12.5. The van der Waals surface area contributed by atoms with Gasteiger partial charge in [0.05, 0.1) is 0 Å². The van der Waals surface area contributed by atoms with E-state index < -0.39 is 5.54 Å². The van der Waals surface area contributed by atoms with Crippen LogP contribution in [0.15, 0.2) is 0 Å². The third-order valence-corrected chi connectivity index (χ3v) is 4.49. The van der Waals surface area contributed by atoms with Crippen LogP contribution in [0.3, 0.4) is 0 Å². The van der Waals surface area contributed by atoms with Crippen LogP contribution in [0.1, 0.15) is 46.0 Å². The van der Waals surface area contributed by atoms with Gasteiger partial charge in [-0.1, -0.05) is 33.1 Å². The molecule has 6 heteroatoms. The molecule has 0 atom stereocenters. The minimum Gasteiger partial charge on any atom is -0.323 e. The maximum absolute atomic E-state index is 12.5. The first-order valence-electron chi connectivity index (χ1n) is 7.49. The number of rotatable bonds is 5. The molecule has 3 amide bonds. The molecule has 2 rings (SSSR count). The number of nitrogens with one attached hydrogen (secondary N) is 1. The Bertz CT molecular complexity index is 352. The van der Waals surface area contributed by atoms with Gasteiger partial charge in [0.1, 0.15) is 5.54 Å². The summed E-state index contributed by atoms with van der Waals surface area (Å²) in [6.07, 6.45) is 4.86. The number of nitrogens with zero attached hydrogens (tertiary/aromatic N) is 2. The van der Waals surface area contributed by atoms with Crippen LogP contribution in [0.25, 0.3) is 0 Å². The lowest BCUT2D eigenvalue weighted by Gasteiger charge is -2.30. The predicted molar refractivity (Wildman–Crippen MR) is 81.1 cm³/mol. The molecule has 1 N–H and O–H groups in total. The Hall–Kier alpha value is -0.810. The van der Waals surface area contributed by atoms with E-state index in [0.717, 1.165) is 45.3 Å². The Kier molecular flexibility index (Phi) is 6.27. The molecule has 1 saturated carbocycles. The highest BCUT2D eigenvalue weighted by atomic mass is 35.5. The number of amides is 3. The molecule has 1 aliphatic carbocycles. The van der Waals surface area contributed by atoms with E-state index in [-0.39, 0.29) is 24.3 Å². The normalized spacial score (nSPS) is 21.2. The minimum atomic E-state index is -0.571. The molecule has 0 aromatic carbocycles. The first-order chi connectivity index (χ1) is 9.13. The van der Waals surface area contributed by atoms with Gasteiger partial charge in [-0.25, -0.2) is 4.79 Å². The van der Waals surface area contributed by atoms with Gasteiger partial charge in [-0.3, -0.25) is 9.69 Å². The van der Waals surface area contributed by atoms with Crippen molar-refractivity contribution in [1.82, 2.24) is 15.1 Å². The smallest absolute Gasteiger partial charge is 0.323 e. The Morgan fingerprint density at radius 1 is 1.15 bits per heavy atom. The maximum Gasteiger partial charge on any atom is 0.325 e. The third kappa shape index (κ3) is 3.26. The number of hydrogen-bond acceptors (Lipinski definition) is 3. The predicted octanol–water partition coefficient (Wildman–Crippen LogP) is 2.00. The molecule has 1 spiro atoms. The van der Waals surface area contributed by atoms with E-state index >= 15 is 0 Å². The zero-order chi connectivity index (χ0) is 13.9. The van der Waals surface area contributed by atoms with Crippen molar-refractivity contribution in [1.29, 1.82) is 0 Å². The van der Waals surface area contributed by atoms with Crippen LogP contribution in [0.5, 0.6) is 0 Å². The fourth-order valence-electron chi connectivity index (χ4n) is 3.15. The van der Waals surface area contributed by atoms with E-state index in [1.54, 1.807) is 0 Å². The fourth-order valence-corrected chi connectivity index (χ4v) is 3.15. The zero-order valence-corrected chi connectivity index (χ0v) is 13.3. The lowest BCUT2D eigenvalue weighted by Crippen LogP contribution is -2.48. The Labute approximate surface area is 127 Å². The van der Waals surface area contributed by atoms with Crippen molar-refractivity contribution < 1.29 is 9.59 Å². The van der Waals surface area contributed by atoms with Gasteiger partial charge in [0.25, 0.3) is 5.91 Å². The second kappa shape index (κ2) is 7.27. The summed E-state index contributed by atoms with van der Waals surface area (Å²) in [4.78, 5) is 28.2. The molecule has 20 heavy (non-hydrogen) atoms. The van der Waals surface area contributed by atoms with E-state index in [2.05, 4.69) is 24.1 Å². The molecule has 1 heterocycles. The molecule has 1 saturated heterocycles. The lowest BCUT2D eigenvalue weighted by atomic mass is 9.82. The second-order valence-electron chi connectivity index (χ2n) is 5.56. The Balaban J connectivity index is 0.00000200. The van der Waals surface area contributed by atoms with Gasteiger partial charge >= 0.3 is 6.03 Å². The van der Waals surface area contributed by atoms with Crippen LogP contribution in [0.4, 0.5) is 4.79 Å². The summed E-state index contributed by atoms with van der Waals surface area (Å²) in [6, 6.07) is -0.195. The second-order valence-corrected chi connectivity index (χ2v) is 5.56. The molecule has 0 unspecified atom stereocenters. The van der Waals surface area contributed by atoms with Crippen LogP contribution in [-0.4, -0.2) is 53.5 Å². The molecule has 5 nitrogen and oxygen atoms in total. The van der Waals surface area contributed by atoms with Gasteiger partial charge in [-0.2, -0.15) is 0 Å². The lowest BCUT2D eigenvalue weighted by molar-refractivity contribution is -0.132. The molecular formula is C14H26ClN3O2. The average molecular weight is 304 g/mol. The quantitative estimate of drug-likeness (QED) is 0.791. The summed E-state index contributed by atoms with van der Waals surface area (Å²) >= 11 is 0. The van der Waals surface area contributed by atoms with E-state index in [4.69, 9.17) is 0 Å². The van der Waals surface area contributed by atoms with Crippen molar-refractivity contribution >= 4 is 24.3 Å². The standard InChI is InChI=1S/C14H25N3O2.ClH/c1-3-16(4-2)10-11-17-12(18)14(15-13(17)19)8-6-5-7-9-14;/h3-11H2,1-2H3,(H,15,19);1H. The van der Waals surface area contributed by atoms with E-state index in [9.17, 15) is 9.59 Å². The number of hydrogen-bond donors (Lipinski definition) is 1. The van der Waals surface area contributed by atoms with Crippen molar-refractivity contribution in [2.24, 2.45) is 0 Å². The molecule has 0 radical (unpaired) electrons. The highest BCUT2D eigenvalue weighted by Crippen LogP contribution is 2.33.